The predicted molar refractivity (Wildman–Crippen MR) is 228 cm³/mol. The van der Waals surface area contributed by atoms with Crippen molar-refractivity contribution in [3.63, 3.8) is 0 Å². The molecule has 0 saturated carbocycles. The van der Waals surface area contributed by atoms with Gasteiger partial charge < -0.3 is 22.6 Å². The second kappa shape index (κ2) is 16.6. The Bertz CT molecular complexity index is 1470. The van der Waals surface area contributed by atoms with Gasteiger partial charge in [-0.2, -0.15) is 0 Å². The number of benzene rings is 2. The molecular weight excluding hydrogens is 700 g/mol. The summed E-state index contributed by atoms with van der Waals surface area (Å²) in [6.07, 6.45) is 3.07. The minimum absolute atomic E-state index is 0.00310. The van der Waals surface area contributed by atoms with Gasteiger partial charge in [0.05, 0.1) is 12.2 Å². The molecular formula is C42H71O5PSi3. The van der Waals surface area contributed by atoms with Crippen LogP contribution in [0.1, 0.15) is 75.2 Å². The minimum Gasteiger partial charge on any atom is -0.417 e. The van der Waals surface area contributed by atoms with Crippen molar-refractivity contribution in [2.75, 3.05) is 19.4 Å². The van der Waals surface area contributed by atoms with Crippen molar-refractivity contribution < 1.29 is 22.6 Å². The standard InChI is InChI=1S/C42H71O5PSi3/c1-33-34(28-31-48(43,35-24-19-17-20-25-35)36-26-21-18-22-27-36)32-37(46-50(13,14)41(5,6)7)39(38(33)47-51(15,16)42(8,9)10)44-29-23-30-45-49(11,12)40(2,3)4/h17-22,24-27,32,37-39H,1,23,28-31H2,2-16H3/t37-,38-,39-/m1/s1. The molecule has 0 spiro atoms. The summed E-state index contributed by atoms with van der Waals surface area (Å²) in [7, 11) is -9.34. The van der Waals surface area contributed by atoms with Gasteiger partial charge in [-0.15, -0.1) is 0 Å². The summed E-state index contributed by atoms with van der Waals surface area (Å²) in [5, 5.41) is 1.90. The van der Waals surface area contributed by atoms with Crippen molar-refractivity contribution in [1.29, 1.82) is 0 Å². The Hall–Kier alpha value is -1.36. The van der Waals surface area contributed by atoms with Gasteiger partial charge in [0.2, 0.25) is 0 Å². The van der Waals surface area contributed by atoms with Crippen LogP contribution in [0.2, 0.25) is 54.4 Å². The van der Waals surface area contributed by atoms with Crippen molar-refractivity contribution in [3.8, 4) is 0 Å². The fraction of sp³-hybridized carbons (Fsp3) is 0.619. The molecule has 1 aliphatic carbocycles. The molecule has 3 atom stereocenters. The van der Waals surface area contributed by atoms with Crippen LogP contribution in [-0.4, -0.2) is 62.6 Å². The van der Waals surface area contributed by atoms with E-state index in [-0.39, 0.29) is 33.4 Å². The Labute approximate surface area is 315 Å². The SMILES string of the molecule is C=C1C(CCP(=O)(c2ccccc2)c2ccccc2)=C[C@@H](O[Si](C)(C)C(C)(C)C)[C@@H](OCCCO[Si](C)(C)C(C)(C)C)[C@@H]1O[Si](C)(C)C(C)(C)C. The third-order valence-electron chi connectivity index (χ3n) is 12.1. The van der Waals surface area contributed by atoms with E-state index >= 15 is 4.57 Å². The summed E-state index contributed by atoms with van der Waals surface area (Å²) in [6.45, 7) is 40.2. The van der Waals surface area contributed by atoms with Gasteiger partial charge in [-0.25, -0.2) is 0 Å². The molecule has 9 heteroatoms. The molecule has 1 aliphatic rings. The number of hydrogen-bond acceptors (Lipinski definition) is 5. The summed E-state index contributed by atoms with van der Waals surface area (Å²) in [5.74, 6) is 0. The molecule has 0 saturated heterocycles. The molecule has 0 amide bonds. The van der Waals surface area contributed by atoms with Gasteiger partial charge in [0.15, 0.2) is 25.0 Å². The highest BCUT2D eigenvalue weighted by atomic mass is 31.2. The molecule has 0 aliphatic heterocycles. The van der Waals surface area contributed by atoms with Gasteiger partial charge in [0.25, 0.3) is 0 Å². The molecule has 0 radical (unpaired) electrons. The van der Waals surface area contributed by atoms with Gasteiger partial charge in [0.1, 0.15) is 13.2 Å². The van der Waals surface area contributed by atoms with Crippen LogP contribution >= 0.6 is 7.14 Å². The summed E-state index contributed by atoms with van der Waals surface area (Å²) in [6, 6.07) is 19.9. The Balaban J connectivity index is 2.05. The Morgan fingerprint density at radius 2 is 1.12 bits per heavy atom. The maximum Gasteiger partial charge on any atom is 0.193 e. The third-order valence-corrected chi connectivity index (χ3v) is 28.7. The number of hydrogen-bond donors (Lipinski definition) is 0. The van der Waals surface area contributed by atoms with Gasteiger partial charge in [-0.3, -0.25) is 0 Å². The molecule has 51 heavy (non-hydrogen) atoms. The molecule has 0 N–H and O–H groups in total. The van der Waals surface area contributed by atoms with Crippen LogP contribution < -0.4 is 10.6 Å². The first-order valence-electron chi connectivity index (χ1n) is 18.9. The Morgan fingerprint density at radius 1 is 0.667 bits per heavy atom. The minimum atomic E-state index is -2.95. The molecule has 5 nitrogen and oxygen atoms in total. The van der Waals surface area contributed by atoms with Crippen molar-refractivity contribution in [2.24, 2.45) is 0 Å². The highest BCUT2D eigenvalue weighted by molar-refractivity contribution is 7.78. The first kappa shape index (κ1) is 44.0. The fourth-order valence-corrected chi connectivity index (χ4v) is 11.7. The average molecular weight is 771 g/mol. The lowest BCUT2D eigenvalue weighted by molar-refractivity contribution is -0.0706. The summed E-state index contributed by atoms with van der Waals surface area (Å²) in [4.78, 5) is 0. The van der Waals surface area contributed by atoms with Crippen LogP contribution in [0, 0.1) is 0 Å². The van der Waals surface area contributed by atoms with Crippen LogP contribution in [0.4, 0.5) is 0 Å². The molecule has 2 aromatic carbocycles. The van der Waals surface area contributed by atoms with Crippen molar-refractivity contribution >= 4 is 42.7 Å². The molecule has 0 heterocycles. The van der Waals surface area contributed by atoms with E-state index in [0.29, 0.717) is 25.8 Å². The van der Waals surface area contributed by atoms with Crippen molar-refractivity contribution in [3.05, 3.63) is 84.5 Å². The van der Waals surface area contributed by atoms with E-state index in [4.69, 9.17) is 24.6 Å². The molecule has 0 unspecified atom stereocenters. The quantitative estimate of drug-likeness (QED) is 0.103. The van der Waals surface area contributed by atoms with Crippen LogP contribution in [0.3, 0.4) is 0 Å². The molecule has 286 valence electrons. The van der Waals surface area contributed by atoms with E-state index in [0.717, 1.165) is 28.2 Å². The van der Waals surface area contributed by atoms with Crippen LogP contribution in [0.25, 0.3) is 0 Å². The molecule has 2 aromatic rings. The average Bonchev–Trinajstić information content (AvgIpc) is 3.01. The van der Waals surface area contributed by atoms with E-state index in [1.165, 1.54) is 0 Å². The van der Waals surface area contributed by atoms with Crippen LogP contribution in [-0.2, 0) is 22.6 Å². The smallest absolute Gasteiger partial charge is 0.193 e. The number of rotatable bonds is 15. The monoisotopic (exact) mass is 770 g/mol. The van der Waals surface area contributed by atoms with Gasteiger partial charge in [0, 0.05) is 30.0 Å². The lowest BCUT2D eigenvalue weighted by Gasteiger charge is -2.48. The molecule has 3 rings (SSSR count). The zero-order chi connectivity index (χ0) is 38.7. The van der Waals surface area contributed by atoms with Gasteiger partial charge >= 0.3 is 0 Å². The Kier molecular flexibility index (Phi) is 14.3. The fourth-order valence-electron chi connectivity index (χ4n) is 5.47. The third kappa shape index (κ3) is 10.9. The molecule has 0 bridgehead atoms. The molecule has 0 fully saturated rings. The highest BCUT2D eigenvalue weighted by Crippen LogP contribution is 2.48. The zero-order valence-corrected chi connectivity index (χ0v) is 38.7. The largest absolute Gasteiger partial charge is 0.417 e. The van der Waals surface area contributed by atoms with E-state index < -0.39 is 32.1 Å². The zero-order valence-electron chi connectivity index (χ0n) is 34.8. The first-order chi connectivity index (χ1) is 23.2. The van der Waals surface area contributed by atoms with Crippen LogP contribution in [0.5, 0.6) is 0 Å². The second-order valence-corrected chi connectivity index (χ2v) is 36.3. The summed E-state index contributed by atoms with van der Waals surface area (Å²) < 4.78 is 43.1. The van der Waals surface area contributed by atoms with Crippen molar-refractivity contribution in [1.82, 2.24) is 0 Å². The second-order valence-electron chi connectivity index (χ2n) is 19.0. The lowest BCUT2D eigenvalue weighted by atomic mass is 9.87. The van der Waals surface area contributed by atoms with Crippen molar-refractivity contribution in [2.45, 2.75) is 148 Å². The summed E-state index contributed by atoms with van der Waals surface area (Å²) in [5.41, 5.74) is 1.99. The van der Waals surface area contributed by atoms with Crippen LogP contribution in [0.15, 0.2) is 84.5 Å². The normalized spacial score (nSPS) is 20.0. The topological polar surface area (TPSA) is 54.0 Å². The predicted octanol–water partition coefficient (Wildman–Crippen LogP) is 11.5. The van der Waals surface area contributed by atoms with Gasteiger partial charge in [-0.1, -0.05) is 136 Å². The lowest BCUT2D eigenvalue weighted by Crippen LogP contribution is -2.56. The maximum absolute atomic E-state index is 15.1. The van der Waals surface area contributed by atoms with E-state index in [1.54, 1.807) is 0 Å². The summed E-state index contributed by atoms with van der Waals surface area (Å²) >= 11 is 0. The van der Waals surface area contributed by atoms with E-state index in [2.05, 4.69) is 108 Å². The number of ether oxygens (including phenoxy) is 1. The highest BCUT2D eigenvalue weighted by Gasteiger charge is 2.48. The van der Waals surface area contributed by atoms with E-state index in [9.17, 15) is 0 Å². The van der Waals surface area contributed by atoms with Gasteiger partial charge in [-0.05, 0) is 78.4 Å². The first-order valence-corrected chi connectivity index (χ1v) is 29.6. The maximum atomic E-state index is 15.1. The van der Waals surface area contributed by atoms with E-state index in [1.807, 2.05) is 60.7 Å². The Morgan fingerprint density at radius 3 is 1.57 bits per heavy atom. The molecule has 0 aromatic heterocycles.